The van der Waals surface area contributed by atoms with E-state index in [9.17, 15) is 20.1 Å². The van der Waals surface area contributed by atoms with Crippen molar-refractivity contribution < 1.29 is 19.1 Å². The highest BCUT2D eigenvalue weighted by Gasteiger charge is 2.44. The van der Waals surface area contributed by atoms with Crippen molar-refractivity contribution in [3.8, 4) is 24.2 Å². The number of likely N-dealkylation sites (N-methyl/N-ethyl adjacent to an activating group) is 2. The molecule has 0 saturated carbocycles. The summed E-state index contributed by atoms with van der Waals surface area (Å²) in [5.41, 5.74) is 12.1. The Morgan fingerprint density at radius 1 is 0.613 bits per heavy atom. The average molecular weight is 1080 g/mol. The number of aromatic nitrogens is 4. The molecule has 2 aromatic heterocycles. The van der Waals surface area contributed by atoms with Crippen LogP contribution in [0.15, 0.2) is 67.8 Å². The summed E-state index contributed by atoms with van der Waals surface area (Å²) >= 11 is 0. The van der Waals surface area contributed by atoms with Crippen molar-refractivity contribution in [2.75, 3.05) is 89.5 Å². The quantitative estimate of drug-likeness (QED) is 0.124. The molecule has 12 rings (SSSR count). The van der Waals surface area contributed by atoms with Gasteiger partial charge in [0.05, 0.1) is 48.5 Å². The van der Waals surface area contributed by atoms with E-state index in [1.165, 1.54) is 51.1 Å². The lowest BCUT2D eigenvalue weighted by molar-refractivity contribution is -0.129. The Kier molecular flexibility index (Phi) is 15.2. The first-order valence-corrected chi connectivity index (χ1v) is 29.7. The van der Waals surface area contributed by atoms with Gasteiger partial charge < -0.3 is 34.0 Å². The van der Waals surface area contributed by atoms with Crippen LogP contribution in [0.25, 0.3) is 0 Å². The van der Waals surface area contributed by atoms with Gasteiger partial charge in [-0.25, -0.2) is 0 Å². The maximum atomic E-state index is 12.9. The standard InChI is InChI=1S/C64H78N12O4/c1-5-57(77)75-31-29-73(39-47(75)20-26-65)59-54-19-25-64(37-56(54)67-61(69-59)79-41-49-14-10-28-71(49)3)23-17-52-45(35-64)13-9-15-51(52)46-33-50(72(4)38-46)42-80-62-68-55-36-63(22-16-43-11-7-8-12-44(43)34-63)24-18-53(55)60(70-62)74-30-32-76(58(78)6-2)48(40-74)21-27-66/h5-9,11-13,15,46-50H,1-2,10,14,16-25,28-42H2,3-4H3/t46?,47?,48?,49?,50?,63?,64-/m0/s1. The summed E-state index contributed by atoms with van der Waals surface area (Å²) in [6.45, 7) is 13.8. The third-order valence-corrected chi connectivity index (χ3v) is 20.1. The molecule has 16 nitrogen and oxygen atoms in total. The van der Waals surface area contributed by atoms with Crippen molar-refractivity contribution in [3.05, 3.63) is 118 Å². The fraction of sp³-hybridized carbons (Fsp3) is 0.562. The van der Waals surface area contributed by atoms with Crippen molar-refractivity contribution in [2.24, 2.45) is 10.8 Å². The normalized spacial score (nSPS) is 27.4. The molecule has 8 aliphatic rings. The van der Waals surface area contributed by atoms with Crippen LogP contribution >= 0.6 is 0 Å². The van der Waals surface area contributed by atoms with Gasteiger partial charge in [0.15, 0.2) is 0 Å². The molecular weight excluding hydrogens is 1000 g/mol. The first-order chi connectivity index (χ1) is 38.9. The lowest BCUT2D eigenvalue weighted by Crippen LogP contribution is -2.55. The van der Waals surface area contributed by atoms with E-state index in [0.29, 0.717) is 76.5 Å². The van der Waals surface area contributed by atoms with Crippen LogP contribution in [0.1, 0.15) is 114 Å². The molecule has 0 N–H and O–H groups in total. The third kappa shape index (κ3) is 10.5. The van der Waals surface area contributed by atoms with Gasteiger partial charge in [0.2, 0.25) is 11.8 Å². The number of piperazine rings is 2. The molecule has 4 aliphatic carbocycles. The van der Waals surface area contributed by atoms with Crippen LogP contribution < -0.4 is 19.3 Å². The zero-order valence-corrected chi connectivity index (χ0v) is 47.1. The van der Waals surface area contributed by atoms with Crippen LogP contribution in [0.5, 0.6) is 12.0 Å². The first-order valence-electron chi connectivity index (χ1n) is 29.7. The minimum absolute atomic E-state index is 0.0660. The second-order valence-electron chi connectivity index (χ2n) is 24.8. The average Bonchev–Trinajstić information content (AvgIpc) is 4.12. The van der Waals surface area contributed by atoms with E-state index in [1.54, 1.807) is 9.80 Å². The number of nitrogens with zero attached hydrogens (tertiary/aromatic N) is 12. The molecule has 7 atom stereocenters. The number of benzene rings is 2. The number of carbonyl (C=O) groups is 2. The summed E-state index contributed by atoms with van der Waals surface area (Å²) in [5.74, 6) is 1.89. The van der Waals surface area contributed by atoms with Crippen molar-refractivity contribution in [1.82, 2.24) is 39.5 Å². The number of rotatable bonds is 13. The van der Waals surface area contributed by atoms with E-state index in [2.05, 4.69) is 101 Å². The zero-order chi connectivity index (χ0) is 55.1. The topological polar surface area (TPSA) is 171 Å². The highest BCUT2D eigenvalue weighted by molar-refractivity contribution is 5.88. The maximum Gasteiger partial charge on any atom is 0.318 e. The zero-order valence-electron chi connectivity index (χ0n) is 47.1. The van der Waals surface area contributed by atoms with Crippen molar-refractivity contribution in [1.29, 1.82) is 10.5 Å². The number of hydrogen-bond donors (Lipinski definition) is 0. The predicted molar refractivity (Wildman–Crippen MR) is 307 cm³/mol. The van der Waals surface area contributed by atoms with E-state index in [1.807, 2.05) is 0 Å². The molecule has 418 valence electrons. The van der Waals surface area contributed by atoms with Crippen LogP contribution in [0, 0.1) is 33.5 Å². The second kappa shape index (κ2) is 22.6. The van der Waals surface area contributed by atoms with Crippen molar-refractivity contribution in [2.45, 2.75) is 139 Å². The molecule has 4 aliphatic heterocycles. The molecular formula is C64H78N12O4. The van der Waals surface area contributed by atoms with Crippen LogP contribution in [-0.4, -0.2) is 155 Å². The van der Waals surface area contributed by atoms with Crippen molar-refractivity contribution in [3.63, 3.8) is 0 Å². The van der Waals surface area contributed by atoms with Crippen molar-refractivity contribution >= 4 is 23.5 Å². The molecule has 6 heterocycles. The van der Waals surface area contributed by atoms with Gasteiger partial charge in [-0.3, -0.25) is 14.5 Å². The Morgan fingerprint density at radius 3 is 1.71 bits per heavy atom. The summed E-state index contributed by atoms with van der Waals surface area (Å²) in [7, 11) is 4.39. The minimum Gasteiger partial charge on any atom is -0.462 e. The van der Waals surface area contributed by atoms with Gasteiger partial charge >= 0.3 is 12.0 Å². The highest BCUT2D eigenvalue weighted by Crippen LogP contribution is 2.50. The number of aryl methyl sites for hydroxylation is 1. The summed E-state index contributed by atoms with van der Waals surface area (Å²) < 4.78 is 13.3. The number of anilines is 2. The summed E-state index contributed by atoms with van der Waals surface area (Å²) in [5, 5.41) is 19.7. The monoisotopic (exact) mass is 1080 g/mol. The van der Waals surface area contributed by atoms with Gasteiger partial charge in [-0.2, -0.15) is 30.5 Å². The number of nitriles is 2. The van der Waals surface area contributed by atoms with Gasteiger partial charge in [0, 0.05) is 69.0 Å². The number of ether oxygens (including phenoxy) is 2. The van der Waals surface area contributed by atoms with Crippen LogP contribution in [0.2, 0.25) is 0 Å². The maximum absolute atomic E-state index is 12.9. The number of amides is 2. The molecule has 16 heteroatoms. The van der Waals surface area contributed by atoms with Crippen LogP contribution in [0.4, 0.5) is 11.6 Å². The lowest BCUT2D eigenvalue weighted by Gasteiger charge is -2.44. The van der Waals surface area contributed by atoms with Crippen LogP contribution in [0.3, 0.4) is 0 Å². The summed E-state index contributed by atoms with van der Waals surface area (Å²) in [4.78, 5) is 59.7. The number of carbonyl (C=O) groups excluding carboxylic acids is 2. The van der Waals surface area contributed by atoms with E-state index < -0.39 is 0 Å². The van der Waals surface area contributed by atoms with Gasteiger partial charge in [-0.05, 0) is 174 Å². The molecule has 6 unspecified atom stereocenters. The Balaban J connectivity index is 0.761. The SMILES string of the molecule is C=CC(=O)N1CCN(c2nc(OCC3CC(c4cccc5c4CC[C@]4(CCc6c(nc(OCC7CCCN7C)nc6N6CCN(C(=O)C=C)C(CC#N)C6)C4)C5)CN3C)nc3c2CCC2(CCc4ccccc4C2)C3)CC1CC#N. The fourth-order valence-electron chi connectivity index (χ4n) is 15.6. The first kappa shape index (κ1) is 53.7. The number of fused-ring (bicyclic) bond motifs is 4. The second-order valence-corrected chi connectivity index (χ2v) is 24.8. The molecule has 80 heavy (non-hydrogen) atoms. The molecule has 2 spiro atoms. The van der Waals surface area contributed by atoms with E-state index in [4.69, 9.17) is 29.4 Å². The fourth-order valence-corrected chi connectivity index (χ4v) is 15.6. The van der Waals surface area contributed by atoms with Gasteiger partial charge in [-0.15, -0.1) is 0 Å². The minimum atomic E-state index is -0.262. The molecule has 2 aromatic carbocycles. The summed E-state index contributed by atoms with van der Waals surface area (Å²) in [6.07, 6.45) is 18.4. The van der Waals surface area contributed by atoms with Gasteiger partial charge in [0.1, 0.15) is 24.8 Å². The molecule has 4 saturated heterocycles. The summed E-state index contributed by atoms with van der Waals surface area (Å²) in [6, 6.07) is 21.4. The molecule has 4 aromatic rings. The Bertz CT molecular complexity index is 3130. The third-order valence-electron chi connectivity index (χ3n) is 20.1. The predicted octanol–water partition coefficient (Wildman–Crippen LogP) is 7.17. The molecule has 0 bridgehead atoms. The lowest BCUT2D eigenvalue weighted by atomic mass is 9.62. The Labute approximate surface area is 472 Å². The Hall–Kier alpha value is -6.88. The highest BCUT2D eigenvalue weighted by atomic mass is 16.5. The smallest absolute Gasteiger partial charge is 0.318 e. The Morgan fingerprint density at radius 2 is 1.15 bits per heavy atom. The molecule has 4 fully saturated rings. The van der Waals surface area contributed by atoms with Gasteiger partial charge in [-0.1, -0.05) is 55.6 Å². The number of hydrogen-bond acceptors (Lipinski definition) is 14. The largest absolute Gasteiger partial charge is 0.462 e. The van der Waals surface area contributed by atoms with E-state index in [0.717, 1.165) is 132 Å². The van der Waals surface area contributed by atoms with E-state index in [-0.39, 0.29) is 53.6 Å². The van der Waals surface area contributed by atoms with Gasteiger partial charge in [0.25, 0.3) is 0 Å². The molecule has 2 amide bonds. The number of likely N-dealkylation sites (tertiary alicyclic amines) is 2. The molecule has 0 radical (unpaired) electrons. The van der Waals surface area contributed by atoms with Crippen LogP contribution in [-0.2, 0) is 61.0 Å². The van der Waals surface area contributed by atoms with E-state index >= 15 is 0 Å².